The summed E-state index contributed by atoms with van der Waals surface area (Å²) in [6, 6.07) is 2.33. The van der Waals surface area contributed by atoms with Crippen LogP contribution in [0.25, 0.3) is 0 Å². The van der Waals surface area contributed by atoms with Gasteiger partial charge in [-0.2, -0.15) is 5.26 Å². The van der Waals surface area contributed by atoms with Crippen molar-refractivity contribution in [3.8, 4) is 6.07 Å². The molecule has 0 aromatic carbocycles. The Morgan fingerprint density at radius 2 is 2.40 bits per heavy atom. The van der Waals surface area contributed by atoms with E-state index in [4.69, 9.17) is 5.26 Å². The third-order valence-corrected chi connectivity index (χ3v) is 2.62. The van der Waals surface area contributed by atoms with Crippen LogP contribution >= 0.6 is 12.4 Å². The van der Waals surface area contributed by atoms with Crippen LogP contribution in [0, 0.1) is 22.7 Å². The van der Waals surface area contributed by atoms with Crippen molar-refractivity contribution < 1.29 is 0 Å². The molecule has 0 radical (unpaired) electrons. The van der Waals surface area contributed by atoms with Crippen LogP contribution in [0.15, 0.2) is 0 Å². The molecule has 1 saturated heterocycles. The Morgan fingerprint density at radius 3 is 2.80 bits per heavy atom. The van der Waals surface area contributed by atoms with Crippen molar-refractivity contribution in [2.75, 3.05) is 13.1 Å². The van der Waals surface area contributed by atoms with Gasteiger partial charge in [-0.05, 0) is 19.4 Å². The summed E-state index contributed by atoms with van der Waals surface area (Å²) in [6.07, 6.45) is 2.38. The predicted molar refractivity (Wildman–Crippen MR) is 40.9 cm³/mol. The Balaban J connectivity index is 0.000000500. The Morgan fingerprint density at radius 1 is 1.60 bits per heavy atom. The first kappa shape index (κ1) is 7.84. The minimum atomic E-state index is 0. The number of hydrogen-bond acceptors (Lipinski definition) is 2. The minimum absolute atomic E-state index is 0. The third-order valence-electron chi connectivity index (χ3n) is 2.62. The molecular weight excluding hydrogens is 148 g/mol. The van der Waals surface area contributed by atoms with Crippen molar-refractivity contribution in [2.45, 2.75) is 12.8 Å². The van der Waals surface area contributed by atoms with Crippen LogP contribution in [0.1, 0.15) is 12.8 Å². The zero-order valence-corrected chi connectivity index (χ0v) is 6.58. The van der Waals surface area contributed by atoms with E-state index in [0.29, 0.717) is 11.3 Å². The van der Waals surface area contributed by atoms with Gasteiger partial charge in [0.05, 0.1) is 12.0 Å². The average molecular weight is 159 g/mol. The zero-order valence-electron chi connectivity index (χ0n) is 5.76. The number of hydrogen-bond donors (Lipinski definition) is 1. The van der Waals surface area contributed by atoms with E-state index in [-0.39, 0.29) is 12.4 Å². The molecule has 2 unspecified atom stereocenters. The summed E-state index contributed by atoms with van der Waals surface area (Å²) < 4.78 is 0. The van der Waals surface area contributed by atoms with E-state index in [1.54, 1.807) is 0 Å². The smallest absolute Gasteiger partial charge is 0.0662 e. The third kappa shape index (κ3) is 0.902. The van der Waals surface area contributed by atoms with Crippen LogP contribution in [0.5, 0.6) is 0 Å². The van der Waals surface area contributed by atoms with Gasteiger partial charge in [0.1, 0.15) is 0 Å². The Hall–Kier alpha value is -0.260. The van der Waals surface area contributed by atoms with Gasteiger partial charge in [-0.25, -0.2) is 0 Å². The summed E-state index contributed by atoms with van der Waals surface area (Å²) >= 11 is 0. The van der Waals surface area contributed by atoms with E-state index in [0.717, 1.165) is 19.5 Å². The normalized spacial score (nSPS) is 42.5. The first-order valence-corrected chi connectivity index (χ1v) is 3.48. The summed E-state index contributed by atoms with van der Waals surface area (Å²) in [7, 11) is 0. The second-order valence-electron chi connectivity index (χ2n) is 3.17. The summed E-state index contributed by atoms with van der Waals surface area (Å²) in [4.78, 5) is 0. The number of nitrogens with one attached hydrogen (secondary N) is 1. The Bertz CT molecular complexity index is 167. The van der Waals surface area contributed by atoms with Crippen molar-refractivity contribution in [2.24, 2.45) is 11.3 Å². The summed E-state index contributed by atoms with van der Waals surface area (Å²) in [5.41, 5.74) is 0.439. The second kappa shape index (κ2) is 2.41. The molecule has 1 spiro atoms. The highest BCUT2D eigenvalue weighted by Crippen LogP contribution is 2.55. The molecule has 0 bridgehead atoms. The van der Waals surface area contributed by atoms with E-state index < -0.39 is 0 Å². The maximum Gasteiger partial charge on any atom is 0.0662 e. The maximum absolute atomic E-state index is 8.55. The standard InChI is InChI=1S/C7H10N2.ClH/c8-4-6-3-7(6)1-2-9-5-7;/h6,9H,1-3,5H2;1H. The van der Waals surface area contributed by atoms with Gasteiger partial charge in [-0.3, -0.25) is 0 Å². The number of nitrogens with zero attached hydrogens (tertiary/aromatic N) is 1. The van der Waals surface area contributed by atoms with Gasteiger partial charge in [-0.1, -0.05) is 0 Å². The maximum atomic E-state index is 8.55. The highest BCUT2D eigenvalue weighted by Gasteiger charge is 2.55. The number of nitriles is 1. The number of halogens is 1. The van der Waals surface area contributed by atoms with Gasteiger partial charge in [0, 0.05) is 12.0 Å². The van der Waals surface area contributed by atoms with Crippen LogP contribution in [0.2, 0.25) is 0 Å². The van der Waals surface area contributed by atoms with E-state index in [2.05, 4.69) is 11.4 Å². The molecule has 3 heteroatoms. The van der Waals surface area contributed by atoms with Crippen LogP contribution in [0.4, 0.5) is 0 Å². The molecule has 2 fully saturated rings. The highest BCUT2D eigenvalue weighted by atomic mass is 35.5. The molecule has 56 valence electrons. The molecule has 2 rings (SSSR count). The first-order valence-electron chi connectivity index (χ1n) is 3.48. The molecule has 1 heterocycles. The first-order chi connectivity index (χ1) is 4.37. The average Bonchev–Trinajstić information content (AvgIpc) is 2.30. The molecule has 2 aliphatic rings. The minimum Gasteiger partial charge on any atom is -0.316 e. The molecule has 1 saturated carbocycles. The van der Waals surface area contributed by atoms with Crippen molar-refractivity contribution >= 4 is 12.4 Å². The van der Waals surface area contributed by atoms with Crippen molar-refractivity contribution in [1.82, 2.24) is 5.32 Å². The van der Waals surface area contributed by atoms with Gasteiger partial charge in [-0.15, -0.1) is 12.4 Å². The van der Waals surface area contributed by atoms with Crippen molar-refractivity contribution in [1.29, 1.82) is 5.26 Å². The lowest BCUT2D eigenvalue weighted by atomic mass is 10.0. The van der Waals surface area contributed by atoms with Crippen LogP contribution < -0.4 is 5.32 Å². The lowest BCUT2D eigenvalue weighted by molar-refractivity contribution is 0.543. The molecule has 0 aromatic heterocycles. The van der Waals surface area contributed by atoms with Gasteiger partial charge < -0.3 is 5.32 Å². The van der Waals surface area contributed by atoms with Gasteiger partial charge in [0.25, 0.3) is 0 Å². The molecular formula is C7H11ClN2. The van der Waals surface area contributed by atoms with Crippen LogP contribution in [-0.4, -0.2) is 13.1 Å². The number of rotatable bonds is 0. The van der Waals surface area contributed by atoms with E-state index in [9.17, 15) is 0 Å². The Labute approximate surface area is 67.0 Å². The van der Waals surface area contributed by atoms with Gasteiger partial charge in [0.2, 0.25) is 0 Å². The summed E-state index contributed by atoms with van der Waals surface area (Å²) in [5.74, 6) is 0.382. The molecule has 0 aromatic rings. The lowest BCUT2D eigenvalue weighted by Gasteiger charge is -1.99. The quantitative estimate of drug-likeness (QED) is 0.570. The molecule has 1 aliphatic heterocycles. The zero-order chi connectivity index (χ0) is 6.32. The van der Waals surface area contributed by atoms with E-state index in [1.807, 2.05) is 0 Å². The fourth-order valence-electron chi connectivity index (χ4n) is 1.76. The Kier molecular flexibility index (Phi) is 1.89. The van der Waals surface area contributed by atoms with Crippen LogP contribution in [0.3, 0.4) is 0 Å². The second-order valence-corrected chi connectivity index (χ2v) is 3.17. The summed E-state index contributed by atoms with van der Waals surface area (Å²) in [6.45, 7) is 2.21. The fourth-order valence-corrected chi connectivity index (χ4v) is 1.76. The molecule has 0 amide bonds. The molecule has 2 nitrogen and oxygen atoms in total. The monoisotopic (exact) mass is 158 g/mol. The lowest BCUT2D eigenvalue weighted by Crippen LogP contribution is -2.10. The molecule has 10 heavy (non-hydrogen) atoms. The van der Waals surface area contributed by atoms with E-state index in [1.165, 1.54) is 6.42 Å². The predicted octanol–water partition coefficient (Wildman–Crippen LogP) is 0.931. The van der Waals surface area contributed by atoms with Gasteiger partial charge >= 0.3 is 0 Å². The summed E-state index contributed by atoms with van der Waals surface area (Å²) in [5, 5.41) is 11.8. The highest BCUT2D eigenvalue weighted by molar-refractivity contribution is 5.85. The van der Waals surface area contributed by atoms with Crippen LogP contribution in [-0.2, 0) is 0 Å². The fraction of sp³-hybridized carbons (Fsp3) is 0.857. The topological polar surface area (TPSA) is 35.8 Å². The molecule has 2 atom stereocenters. The van der Waals surface area contributed by atoms with Crippen molar-refractivity contribution in [3.63, 3.8) is 0 Å². The van der Waals surface area contributed by atoms with E-state index >= 15 is 0 Å². The van der Waals surface area contributed by atoms with Gasteiger partial charge in [0.15, 0.2) is 0 Å². The SMILES string of the molecule is Cl.N#CC1CC12CCNC2. The molecule has 1 N–H and O–H groups in total. The largest absolute Gasteiger partial charge is 0.316 e. The molecule has 1 aliphatic carbocycles. The van der Waals surface area contributed by atoms with Crippen molar-refractivity contribution in [3.05, 3.63) is 0 Å².